The molecule has 222 valence electrons. The van der Waals surface area contributed by atoms with E-state index in [2.05, 4.69) is 18.8 Å². The fourth-order valence-corrected chi connectivity index (χ4v) is 6.45. The lowest BCUT2D eigenvalue weighted by Crippen LogP contribution is -2.29. The van der Waals surface area contributed by atoms with E-state index in [1.807, 2.05) is 6.92 Å². The molecule has 1 fully saturated rings. The third kappa shape index (κ3) is 5.31. The lowest BCUT2D eigenvalue weighted by molar-refractivity contribution is -0.132. The van der Waals surface area contributed by atoms with E-state index in [0.717, 1.165) is 29.1 Å². The third-order valence-electron chi connectivity index (χ3n) is 7.62. The summed E-state index contributed by atoms with van der Waals surface area (Å²) in [7, 11) is 1.51. The summed E-state index contributed by atoms with van der Waals surface area (Å²) in [5.74, 6) is -0.323. The highest BCUT2D eigenvalue weighted by Crippen LogP contribution is 2.46. The summed E-state index contributed by atoms with van der Waals surface area (Å²) in [6.45, 7) is 6.67. The number of carbonyl (C=O) groups is 2. The van der Waals surface area contributed by atoms with E-state index in [9.17, 15) is 19.1 Å². The number of halogens is 1. The Morgan fingerprint density at radius 2 is 1.95 bits per heavy atom. The molecule has 0 aliphatic carbocycles. The molecule has 3 aromatic carbocycles. The molecule has 1 N–H and O–H groups in total. The van der Waals surface area contributed by atoms with Gasteiger partial charge in [0, 0.05) is 12.0 Å². The summed E-state index contributed by atoms with van der Waals surface area (Å²) in [4.78, 5) is 33.2. The number of aliphatic hydroxyl groups is 1. The highest BCUT2D eigenvalue weighted by atomic mass is 32.1. The Hall–Kier alpha value is -4.44. The number of anilines is 1. The van der Waals surface area contributed by atoms with Gasteiger partial charge in [-0.15, -0.1) is 0 Å². The van der Waals surface area contributed by atoms with Crippen molar-refractivity contribution in [2.24, 2.45) is 5.92 Å². The van der Waals surface area contributed by atoms with Gasteiger partial charge in [-0.05, 0) is 78.9 Å². The van der Waals surface area contributed by atoms with Gasteiger partial charge in [-0.2, -0.15) is 0 Å². The molecule has 2 atom stereocenters. The normalized spacial score (nSPS) is 19.3. The summed E-state index contributed by atoms with van der Waals surface area (Å²) in [5.41, 5.74) is 2.21. The summed E-state index contributed by atoms with van der Waals surface area (Å²) < 4.78 is 31.9. The van der Waals surface area contributed by atoms with Crippen molar-refractivity contribution in [3.05, 3.63) is 82.7 Å². The molecule has 1 aromatic heterocycles. The number of Topliss-reactive ketones (excluding diaryl/α,β-unsaturated/α-hetero) is 1. The topological polar surface area (TPSA) is 98.2 Å². The molecular weight excluding hydrogens is 571 g/mol. The van der Waals surface area contributed by atoms with Crippen LogP contribution in [0.25, 0.3) is 16.0 Å². The van der Waals surface area contributed by atoms with Crippen LogP contribution in [0.2, 0.25) is 0 Å². The Balaban J connectivity index is 1.49. The number of fused-ring (bicyclic) bond motifs is 2. The molecule has 2 aliphatic rings. The van der Waals surface area contributed by atoms with Crippen LogP contribution in [-0.2, 0) is 16.0 Å². The van der Waals surface area contributed by atoms with Crippen molar-refractivity contribution in [1.29, 1.82) is 0 Å². The van der Waals surface area contributed by atoms with Crippen LogP contribution in [0, 0.1) is 11.7 Å². The van der Waals surface area contributed by atoms with Crippen molar-refractivity contribution in [3.8, 4) is 17.2 Å². The Morgan fingerprint density at radius 3 is 2.72 bits per heavy atom. The maximum atomic E-state index is 14.0. The van der Waals surface area contributed by atoms with Gasteiger partial charge < -0.3 is 19.3 Å². The van der Waals surface area contributed by atoms with Gasteiger partial charge in [0.2, 0.25) is 0 Å². The standard InChI is InChI=1S/C33H31FN2O6S/c1-17(2)11-12-41-25-10-5-19(15-26(25)40-4)29-28(30(37)20-6-9-24-21(14-20)13-18(3)42-24)31(38)32(39)36(29)33-35-23-8-7-22(34)16-27(23)43-33/h5-10,14-18,29,37H,11-13H2,1-4H3/b30-28+/t18-,29+/m1/s1. The van der Waals surface area contributed by atoms with Crippen LogP contribution < -0.4 is 19.1 Å². The van der Waals surface area contributed by atoms with Crippen LogP contribution in [0.5, 0.6) is 17.2 Å². The first-order valence-electron chi connectivity index (χ1n) is 14.1. The first-order valence-corrected chi connectivity index (χ1v) is 14.9. The zero-order valence-electron chi connectivity index (χ0n) is 24.2. The van der Waals surface area contributed by atoms with Crippen molar-refractivity contribution < 1.29 is 33.3 Å². The number of rotatable bonds is 8. The number of aromatic nitrogens is 1. The van der Waals surface area contributed by atoms with Crippen molar-refractivity contribution in [1.82, 2.24) is 4.98 Å². The number of benzene rings is 3. The molecule has 0 saturated carbocycles. The molecule has 0 radical (unpaired) electrons. The average molecular weight is 603 g/mol. The molecule has 1 saturated heterocycles. The van der Waals surface area contributed by atoms with Crippen molar-refractivity contribution >= 4 is 44.1 Å². The van der Waals surface area contributed by atoms with Crippen molar-refractivity contribution in [2.45, 2.75) is 45.8 Å². The molecule has 43 heavy (non-hydrogen) atoms. The summed E-state index contributed by atoms with van der Waals surface area (Å²) in [5, 5.41) is 11.9. The molecule has 0 unspecified atom stereocenters. The first-order chi connectivity index (χ1) is 20.6. The van der Waals surface area contributed by atoms with Crippen molar-refractivity contribution in [2.75, 3.05) is 18.6 Å². The van der Waals surface area contributed by atoms with Crippen LogP contribution >= 0.6 is 11.3 Å². The smallest absolute Gasteiger partial charge is 0.301 e. The molecule has 10 heteroatoms. The quantitative estimate of drug-likeness (QED) is 0.134. The minimum Gasteiger partial charge on any atom is -0.507 e. The Kier molecular flexibility index (Phi) is 7.56. The van der Waals surface area contributed by atoms with E-state index >= 15 is 0 Å². The van der Waals surface area contributed by atoms with Crippen molar-refractivity contribution in [3.63, 3.8) is 0 Å². The zero-order valence-corrected chi connectivity index (χ0v) is 25.0. The van der Waals surface area contributed by atoms with Gasteiger partial charge >= 0.3 is 5.91 Å². The number of hydrogen-bond acceptors (Lipinski definition) is 8. The highest BCUT2D eigenvalue weighted by molar-refractivity contribution is 7.22. The van der Waals surface area contributed by atoms with E-state index in [1.165, 1.54) is 30.2 Å². The number of nitrogens with zero attached hydrogens (tertiary/aromatic N) is 2. The molecular formula is C33H31FN2O6S. The van der Waals surface area contributed by atoms with Gasteiger partial charge in [0.1, 0.15) is 23.4 Å². The van der Waals surface area contributed by atoms with E-state index in [1.54, 1.807) is 36.4 Å². The molecule has 0 spiro atoms. The average Bonchev–Trinajstić information content (AvgIpc) is 3.64. The van der Waals surface area contributed by atoms with E-state index in [4.69, 9.17) is 14.2 Å². The second-order valence-electron chi connectivity index (χ2n) is 11.2. The van der Waals surface area contributed by atoms with Gasteiger partial charge in [0.15, 0.2) is 16.6 Å². The number of ketones is 1. The van der Waals surface area contributed by atoms with Gasteiger partial charge in [0.05, 0.1) is 35.5 Å². The number of methoxy groups -OCH3 is 1. The predicted molar refractivity (Wildman–Crippen MR) is 163 cm³/mol. The first kappa shape index (κ1) is 28.7. The number of ether oxygens (including phenoxy) is 3. The fourth-order valence-electron chi connectivity index (χ4n) is 5.44. The SMILES string of the molecule is COc1cc([C@H]2/C(=C(\O)c3ccc4c(c3)C[C@@H](C)O4)C(=O)C(=O)N2c2nc3ccc(F)cc3s2)ccc1OCCC(C)C. The van der Waals surface area contributed by atoms with E-state index in [-0.39, 0.29) is 22.6 Å². The zero-order chi connectivity index (χ0) is 30.4. The number of amides is 1. The Labute approximate surface area is 252 Å². The second-order valence-corrected chi connectivity index (χ2v) is 12.2. The van der Waals surface area contributed by atoms with Crippen LogP contribution in [-0.4, -0.2) is 41.6 Å². The molecule has 1 amide bonds. The molecule has 0 bridgehead atoms. The largest absolute Gasteiger partial charge is 0.507 e. The molecule has 4 aromatic rings. The highest BCUT2D eigenvalue weighted by Gasteiger charge is 2.48. The van der Waals surface area contributed by atoms with Crippen LogP contribution in [0.15, 0.2) is 60.2 Å². The molecule has 8 nitrogen and oxygen atoms in total. The number of hydrogen-bond donors (Lipinski definition) is 1. The van der Waals surface area contributed by atoms with Gasteiger partial charge in [-0.1, -0.05) is 31.3 Å². The van der Waals surface area contributed by atoms with Crippen LogP contribution in [0.3, 0.4) is 0 Å². The summed E-state index contributed by atoms with van der Waals surface area (Å²) in [6, 6.07) is 13.5. The summed E-state index contributed by atoms with van der Waals surface area (Å²) >= 11 is 1.09. The molecule has 2 aliphatic heterocycles. The van der Waals surface area contributed by atoms with Crippen LogP contribution in [0.4, 0.5) is 9.52 Å². The fraction of sp³-hybridized carbons (Fsp3) is 0.303. The van der Waals surface area contributed by atoms with Gasteiger partial charge in [-0.3, -0.25) is 14.5 Å². The number of carbonyl (C=O) groups excluding carboxylic acids is 2. The maximum Gasteiger partial charge on any atom is 0.301 e. The monoisotopic (exact) mass is 602 g/mol. The second kappa shape index (κ2) is 11.3. The molecule has 6 rings (SSSR count). The Bertz CT molecular complexity index is 1780. The lowest BCUT2D eigenvalue weighted by Gasteiger charge is -2.24. The number of thiazole rings is 1. The summed E-state index contributed by atoms with van der Waals surface area (Å²) in [6.07, 6.45) is 1.51. The maximum absolute atomic E-state index is 14.0. The minimum atomic E-state index is -1.03. The minimum absolute atomic E-state index is 0.00409. The van der Waals surface area contributed by atoms with Gasteiger partial charge in [-0.25, -0.2) is 9.37 Å². The Morgan fingerprint density at radius 1 is 1.14 bits per heavy atom. The van der Waals surface area contributed by atoms with Gasteiger partial charge in [0.25, 0.3) is 5.78 Å². The lowest BCUT2D eigenvalue weighted by atomic mass is 9.94. The predicted octanol–water partition coefficient (Wildman–Crippen LogP) is 6.82. The third-order valence-corrected chi connectivity index (χ3v) is 8.63. The number of aliphatic hydroxyl groups excluding tert-OH is 1. The van der Waals surface area contributed by atoms with Crippen LogP contribution in [0.1, 0.15) is 49.9 Å². The van der Waals surface area contributed by atoms with E-state index in [0.29, 0.717) is 51.8 Å². The van der Waals surface area contributed by atoms with E-state index < -0.39 is 23.5 Å². The molecule has 3 heterocycles.